The number of carbonyl (C=O) groups is 1. The summed E-state index contributed by atoms with van der Waals surface area (Å²) in [7, 11) is 0.528. The van der Waals surface area contributed by atoms with E-state index in [1.54, 1.807) is 40.4 Å². The zero-order valence-corrected chi connectivity index (χ0v) is 19.1. The van der Waals surface area contributed by atoms with E-state index >= 15 is 0 Å². The number of hydrogen-bond acceptors (Lipinski definition) is 7. The number of nitrogens with zero attached hydrogens (tertiary/aromatic N) is 4. The number of carbonyl (C=O) groups excluding carboxylic acids is 1. The number of ether oxygens (including phenoxy) is 1. The largest absolute Gasteiger partial charge is 0.484 e. The van der Waals surface area contributed by atoms with Gasteiger partial charge in [0.05, 0.1) is 29.7 Å². The van der Waals surface area contributed by atoms with Gasteiger partial charge >= 0.3 is 0 Å². The van der Waals surface area contributed by atoms with Gasteiger partial charge in [-0.15, -0.1) is 0 Å². The lowest BCUT2D eigenvalue weighted by molar-refractivity contribution is -0.122. The van der Waals surface area contributed by atoms with Gasteiger partial charge in [0, 0.05) is 13.1 Å². The molecule has 1 unspecified atom stereocenters. The molecule has 164 valence electrons. The number of rotatable bonds is 8. The van der Waals surface area contributed by atoms with Crippen LogP contribution in [0.2, 0.25) is 5.02 Å². The Morgan fingerprint density at radius 2 is 2.17 bits per heavy atom. The van der Waals surface area contributed by atoms with Crippen LogP contribution in [0.5, 0.6) is 5.75 Å². The van der Waals surface area contributed by atoms with E-state index < -0.39 is 9.84 Å². The van der Waals surface area contributed by atoms with Crippen LogP contribution in [0.4, 0.5) is 0 Å². The molecule has 2 heterocycles. The summed E-state index contributed by atoms with van der Waals surface area (Å²) in [5.74, 6) is 1.07. The number of para-hydroxylation sites is 1. The predicted molar refractivity (Wildman–Crippen MR) is 116 cm³/mol. The predicted octanol–water partition coefficient (Wildman–Crippen LogP) is 1.38. The fourth-order valence-corrected chi connectivity index (χ4v) is 5.23. The SMILES string of the molecule is CN(CC(=O)NC1CCS(=O)(=O)C1)Cn1nc(COc2ccccc2Cl)n(C)c1=S. The molecule has 9 nitrogen and oxygen atoms in total. The second kappa shape index (κ2) is 9.46. The first-order chi connectivity index (χ1) is 14.1. The summed E-state index contributed by atoms with van der Waals surface area (Å²) in [4.78, 5) is 14.0. The summed E-state index contributed by atoms with van der Waals surface area (Å²) in [6.07, 6.45) is 0.456. The second-order valence-electron chi connectivity index (χ2n) is 7.30. The van der Waals surface area contributed by atoms with Crippen molar-refractivity contribution in [3.8, 4) is 5.75 Å². The molecule has 1 atom stereocenters. The number of sulfone groups is 1. The van der Waals surface area contributed by atoms with Gasteiger partial charge in [0.25, 0.3) is 0 Å². The van der Waals surface area contributed by atoms with Gasteiger partial charge in [-0.05, 0) is 37.8 Å². The molecule has 1 saturated heterocycles. The number of aromatic nitrogens is 3. The van der Waals surface area contributed by atoms with Crippen molar-refractivity contribution in [3.63, 3.8) is 0 Å². The van der Waals surface area contributed by atoms with Crippen LogP contribution >= 0.6 is 23.8 Å². The van der Waals surface area contributed by atoms with Gasteiger partial charge in [-0.3, -0.25) is 9.69 Å². The average Bonchev–Trinajstić information content (AvgIpc) is 3.14. The average molecular weight is 474 g/mol. The summed E-state index contributed by atoms with van der Waals surface area (Å²) in [6, 6.07) is 6.86. The maximum Gasteiger partial charge on any atom is 0.234 e. The van der Waals surface area contributed by atoms with Crippen LogP contribution in [0.1, 0.15) is 12.2 Å². The summed E-state index contributed by atoms with van der Waals surface area (Å²) in [5.41, 5.74) is 0. The Morgan fingerprint density at radius 3 is 2.83 bits per heavy atom. The highest BCUT2D eigenvalue weighted by Crippen LogP contribution is 2.23. The molecular formula is C18H24ClN5O4S2. The smallest absolute Gasteiger partial charge is 0.234 e. The number of amides is 1. The molecule has 1 aliphatic heterocycles. The van der Waals surface area contributed by atoms with E-state index in [2.05, 4.69) is 10.4 Å². The zero-order valence-electron chi connectivity index (χ0n) is 16.7. The number of likely N-dealkylation sites (N-methyl/N-ethyl adjacent to an activating group) is 1. The molecule has 0 saturated carbocycles. The number of halogens is 1. The minimum Gasteiger partial charge on any atom is -0.484 e. The fraction of sp³-hybridized carbons (Fsp3) is 0.500. The summed E-state index contributed by atoms with van der Waals surface area (Å²) in [5, 5.41) is 7.76. The molecule has 1 amide bonds. The molecule has 2 aromatic rings. The Kier molecular flexibility index (Phi) is 7.17. The van der Waals surface area contributed by atoms with Gasteiger partial charge in [0.15, 0.2) is 20.4 Å². The van der Waals surface area contributed by atoms with Crippen LogP contribution in [0, 0.1) is 4.77 Å². The molecule has 0 aliphatic carbocycles. The van der Waals surface area contributed by atoms with E-state index in [0.29, 0.717) is 34.5 Å². The maximum absolute atomic E-state index is 12.2. The standard InChI is InChI=1S/C18H24ClN5O4S2/c1-22(9-17(25)20-13-7-8-30(26,27)11-13)12-24-18(29)23(2)16(21-24)10-28-15-6-4-3-5-14(15)19/h3-6,13H,7-12H2,1-2H3,(H,20,25). The first kappa shape index (κ1) is 22.7. The minimum atomic E-state index is -3.03. The van der Waals surface area contributed by atoms with Gasteiger partial charge in [0.1, 0.15) is 12.4 Å². The van der Waals surface area contributed by atoms with Gasteiger partial charge in [0.2, 0.25) is 5.91 Å². The third-order valence-electron chi connectivity index (χ3n) is 4.71. The van der Waals surface area contributed by atoms with Crippen molar-refractivity contribution in [2.45, 2.75) is 25.7 Å². The molecule has 1 fully saturated rings. The van der Waals surface area contributed by atoms with Crippen molar-refractivity contribution in [1.29, 1.82) is 0 Å². The Morgan fingerprint density at radius 1 is 1.43 bits per heavy atom. The molecule has 0 spiro atoms. The lowest BCUT2D eigenvalue weighted by atomic mass is 10.2. The monoisotopic (exact) mass is 473 g/mol. The molecule has 3 rings (SSSR count). The molecular weight excluding hydrogens is 450 g/mol. The van der Waals surface area contributed by atoms with Crippen molar-refractivity contribution in [2.75, 3.05) is 25.1 Å². The van der Waals surface area contributed by atoms with Crippen molar-refractivity contribution >= 4 is 39.6 Å². The fourth-order valence-electron chi connectivity index (χ4n) is 3.16. The topological polar surface area (TPSA) is 98.5 Å². The highest BCUT2D eigenvalue weighted by molar-refractivity contribution is 7.91. The van der Waals surface area contributed by atoms with Crippen molar-refractivity contribution in [1.82, 2.24) is 24.6 Å². The normalized spacial score (nSPS) is 17.9. The van der Waals surface area contributed by atoms with E-state index in [0.717, 1.165) is 0 Å². The van der Waals surface area contributed by atoms with Crippen LogP contribution in [-0.4, -0.2) is 64.7 Å². The first-order valence-electron chi connectivity index (χ1n) is 9.33. The number of hydrogen-bond donors (Lipinski definition) is 1. The lowest BCUT2D eigenvalue weighted by Crippen LogP contribution is -2.42. The van der Waals surface area contributed by atoms with Crippen molar-refractivity contribution in [2.24, 2.45) is 7.05 Å². The third-order valence-corrected chi connectivity index (χ3v) is 7.28. The van der Waals surface area contributed by atoms with Gasteiger partial charge < -0.3 is 14.6 Å². The molecule has 0 bridgehead atoms. The van der Waals surface area contributed by atoms with E-state index in [-0.39, 0.29) is 36.6 Å². The molecule has 12 heteroatoms. The van der Waals surface area contributed by atoms with Crippen LogP contribution in [0.15, 0.2) is 24.3 Å². The second-order valence-corrected chi connectivity index (χ2v) is 10.3. The molecule has 1 N–H and O–H groups in total. The Hall–Kier alpha value is -1.95. The van der Waals surface area contributed by atoms with E-state index in [1.165, 1.54) is 0 Å². The van der Waals surface area contributed by atoms with Crippen molar-refractivity contribution in [3.05, 3.63) is 39.9 Å². The van der Waals surface area contributed by atoms with Crippen LogP contribution in [0.25, 0.3) is 0 Å². The van der Waals surface area contributed by atoms with E-state index in [9.17, 15) is 13.2 Å². The van der Waals surface area contributed by atoms with E-state index in [1.807, 2.05) is 12.1 Å². The van der Waals surface area contributed by atoms with Gasteiger partial charge in [-0.2, -0.15) is 5.10 Å². The molecule has 30 heavy (non-hydrogen) atoms. The third kappa shape index (κ3) is 5.81. The van der Waals surface area contributed by atoms with Gasteiger partial charge in [-0.1, -0.05) is 23.7 Å². The van der Waals surface area contributed by atoms with Crippen LogP contribution < -0.4 is 10.1 Å². The minimum absolute atomic E-state index is 0.00252. The molecule has 1 aliphatic rings. The Balaban J connectivity index is 1.56. The molecule has 1 aromatic carbocycles. The maximum atomic E-state index is 12.2. The molecule has 0 radical (unpaired) electrons. The van der Waals surface area contributed by atoms with E-state index in [4.69, 9.17) is 28.6 Å². The van der Waals surface area contributed by atoms with Crippen molar-refractivity contribution < 1.29 is 17.9 Å². The Labute approximate surface area is 185 Å². The van der Waals surface area contributed by atoms with Crippen LogP contribution in [0.3, 0.4) is 0 Å². The van der Waals surface area contributed by atoms with Crippen LogP contribution in [-0.2, 0) is 35.0 Å². The first-order valence-corrected chi connectivity index (χ1v) is 11.9. The van der Waals surface area contributed by atoms with Gasteiger partial charge in [-0.25, -0.2) is 13.1 Å². The Bertz CT molecular complexity index is 1080. The number of nitrogens with one attached hydrogen (secondary N) is 1. The summed E-state index contributed by atoms with van der Waals surface area (Å²) < 4.78 is 32.6. The molecule has 1 aromatic heterocycles. The highest BCUT2D eigenvalue weighted by Gasteiger charge is 2.29. The zero-order chi connectivity index (χ0) is 21.9. The summed E-state index contributed by atoms with van der Waals surface area (Å²) in [6.45, 7) is 0.590. The number of benzene rings is 1. The quantitative estimate of drug-likeness (QED) is 0.578. The highest BCUT2D eigenvalue weighted by atomic mass is 35.5. The summed E-state index contributed by atoms with van der Waals surface area (Å²) >= 11 is 11.5. The lowest BCUT2D eigenvalue weighted by Gasteiger charge is -2.17.